The highest BCUT2D eigenvalue weighted by atomic mass is 16.7. The van der Waals surface area contributed by atoms with Gasteiger partial charge in [0.15, 0.2) is 0 Å². The van der Waals surface area contributed by atoms with E-state index < -0.39 is 0 Å². The van der Waals surface area contributed by atoms with Crippen molar-refractivity contribution in [1.82, 2.24) is 0 Å². The zero-order valence-corrected chi connectivity index (χ0v) is 18.5. The largest absolute Gasteiger partial charge is 0.464 e. The molecule has 2 nitrogen and oxygen atoms in total. The van der Waals surface area contributed by atoms with E-state index in [0.29, 0.717) is 12.5 Å². The SMILES string of the molecule is CCCC(CC)c1ccc(OC(OCC)C2(c3ccccc3)CCCCC2)cc1. The lowest BCUT2D eigenvalue weighted by molar-refractivity contribution is -0.135. The smallest absolute Gasteiger partial charge is 0.209 e. The van der Waals surface area contributed by atoms with Gasteiger partial charge in [0.1, 0.15) is 5.75 Å². The van der Waals surface area contributed by atoms with Crippen LogP contribution in [0.1, 0.15) is 89.2 Å². The van der Waals surface area contributed by atoms with Crippen LogP contribution in [0.5, 0.6) is 5.75 Å². The van der Waals surface area contributed by atoms with Gasteiger partial charge in [-0.1, -0.05) is 82.0 Å². The van der Waals surface area contributed by atoms with Crippen LogP contribution in [-0.4, -0.2) is 12.9 Å². The maximum Gasteiger partial charge on any atom is 0.209 e. The van der Waals surface area contributed by atoms with Gasteiger partial charge in [-0.25, -0.2) is 0 Å². The summed E-state index contributed by atoms with van der Waals surface area (Å²) in [5.41, 5.74) is 2.70. The Morgan fingerprint density at radius 1 is 0.862 bits per heavy atom. The summed E-state index contributed by atoms with van der Waals surface area (Å²) in [4.78, 5) is 0. The zero-order chi connectivity index (χ0) is 20.5. The summed E-state index contributed by atoms with van der Waals surface area (Å²) < 4.78 is 12.8. The first kappa shape index (κ1) is 21.9. The summed E-state index contributed by atoms with van der Waals surface area (Å²) in [7, 11) is 0. The molecule has 0 saturated heterocycles. The van der Waals surface area contributed by atoms with E-state index in [0.717, 1.165) is 18.6 Å². The lowest BCUT2D eigenvalue weighted by Crippen LogP contribution is -2.46. The molecule has 3 rings (SSSR count). The molecule has 0 bridgehead atoms. The summed E-state index contributed by atoms with van der Waals surface area (Å²) in [6.45, 7) is 7.27. The molecule has 0 radical (unpaired) electrons. The molecule has 2 unspecified atom stereocenters. The predicted octanol–water partition coefficient (Wildman–Crippen LogP) is 7.62. The fourth-order valence-electron chi connectivity index (χ4n) is 4.97. The standard InChI is InChI=1S/C27H38O2/c1-4-13-22(5-2)23-16-18-25(19-17-23)29-26(28-6-3)27(20-11-8-12-21-27)24-14-9-7-10-15-24/h7,9-10,14-19,22,26H,4-6,8,11-13,20-21H2,1-3H3. The summed E-state index contributed by atoms with van der Waals surface area (Å²) >= 11 is 0. The van der Waals surface area contributed by atoms with Crippen LogP contribution in [0.25, 0.3) is 0 Å². The Balaban J connectivity index is 1.84. The Kier molecular flexibility index (Phi) is 8.18. The van der Waals surface area contributed by atoms with Crippen molar-refractivity contribution in [2.45, 2.75) is 89.8 Å². The van der Waals surface area contributed by atoms with E-state index in [1.807, 2.05) is 0 Å². The van der Waals surface area contributed by atoms with Crippen molar-refractivity contribution >= 4 is 0 Å². The highest BCUT2D eigenvalue weighted by Crippen LogP contribution is 2.44. The molecule has 0 N–H and O–H groups in total. The van der Waals surface area contributed by atoms with Crippen molar-refractivity contribution in [2.75, 3.05) is 6.61 Å². The summed E-state index contributed by atoms with van der Waals surface area (Å²) in [6, 6.07) is 19.7. The first-order chi connectivity index (χ1) is 14.2. The number of hydrogen-bond donors (Lipinski definition) is 0. The van der Waals surface area contributed by atoms with Gasteiger partial charge in [-0.15, -0.1) is 0 Å². The van der Waals surface area contributed by atoms with Gasteiger partial charge in [0.25, 0.3) is 0 Å². The van der Waals surface area contributed by atoms with E-state index in [1.165, 1.54) is 49.7 Å². The Bertz CT molecular complexity index is 701. The van der Waals surface area contributed by atoms with Crippen molar-refractivity contribution in [3.05, 3.63) is 65.7 Å². The van der Waals surface area contributed by atoms with Gasteiger partial charge < -0.3 is 9.47 Å². The van der Waals surface area contributed by atoms with Crippen LogP contribution < -0.4 is 4.74 Å². The van der Waals surface area contributed by atoms with Gasteiger partial charge >= 0.3 is 0 Å². The lowest BCUT2D eigenvalue weighted by atomic mass is 9.68. The third-order valence-electron chi connectivity index (χ3n) is 6.59. The number of hydrogen-bond acceptors (Lipinski definition) is 2. The second kappa shape index (κ2) is 10.8. The van der Waals surface area contributed by atoms with Gasteiger partial charge in [0.2, 0.25) is 6.29 Å². The van der Waals surface area contributed by atoms with E-state index in [9.17, 15) is 0 Å². The minimum Gasteiger partial charge on any atom is -0.464 e. The van der Waals surface area contributed by atoms with E-state index in [2.05, 4.69) is 75.4 Å². The van der Waals surface area contributed by atoms with Gasteiger partial charge in [0.05, 0.1) is 5.41 Å². The summed E-state index contributed by atoms with van der Waals surface area (Å²) in [5, 5.41) is 0. The maximum atomic E-state index is 6.56. The van der Waals surface area contributed by atoms with Crippen LogP contribution in [-0.2, 0) is 10.2 Å². The Hall–Kier alpha value is -1.80. The van der Waals surface area contributed by atoms with Gasteiger partial charge in [0, 0.05) is 6.61 Å². The molecule has 158 valence electrons. The molecule has 0 heterocycles. The summed E-state index contributed by atoms with van der Waals surface area (Å²) in [6.07, 6.45) is 9.41. The Morgan fingerprint density at radius 2 is 1.55 bits per heavy atom. The molecule has 1 aliphatic carbocycles. The van der Waals surface area contributed by atoms with Crippen molar-refractivity contribution in [3.8, 4) is 5.75 Å². The van der Waals surface area contributed by atoms with Crippen molar-refractivity contribution in [1.29, 1.82) is 0 Å². The van der Waals surface area contributed by atoms with E-state index in [-0.39, 0.29) is 11.7 Å². The van der Waals surface area contributed by atoms with Gasteiger partial charge in [-0.2, -0.15) is 0 Å². The average Bonchev–Trinajstić information content (AvgIpc) is 2.79. The average molecular weight is 395 g/mol. The Labute approximate surface area is 177 Å². The molecule has 0 aromatic heterocycles. The third-order valence-corrected chi connectivity index (χ3v) is 6.59. The van der Waals surface area contributed by atoms with Crippen LogP contribution in [0.15, 0.2) is 54.6 Å². The second-order valence-corrected chi connectivity index (χ2v) is 8.45. The lowest BCUT2D eigenvalue weighted by Gasteiger charge is -2.43. The molecule has 29 heavy (non-hydrogen) atoms. The molecule has 0 aliphatic heterocycles. The maximum absolute atomic E-state index is 6.56. The fraction of sp³-hybridized carbons (Fsp3) is 0.556. The highest BCUT2D eigenvalue weighted by molar-refractivity contribution is 5.32. The number of ether oxygens (including phenoxy) is 2. The molecule has 2 aromatic rings. The monoisotopic (exact) mass is 394 g/mol. The van der Waals surface area contributed by atoms with Gasteiger partial charge in [-0.05, 0) is 61.8 Å². The normalized spacial score (nSPS) is 18.2. The molecule has 2 atom stereocenters. The first-order valence-electron chi connectivity index (χ1n) is 11.7. The van der Waals surface area contributed by atoms with E-state index in [1.54, 1.807) is 0 Å². The highest BCUT2D eigenvalue weighted by Gasteiger charge is 2.43. The van der Waals surface area contributed by atoms with E-state index >= 15 is 0 Å². The molecule has 0 amide bonds. The van der Waals surface area contributed by atoms with Crippen LogP contribution in [0, 0.1) is 0 Å². The van der Waals surface area contributed by atoms with Crippen molar-refractivity contribution in [2.24, 2.45) is 0 Å². The van der Waals surface area contributed by atoms with Gasteiger partial charge in [-0.3, -0.25) is 0 Å². The summed E-state index contributed by atoms with van der Waals surface area (Å²) in [5.74, 6) is 1.56. The number of rotatable bonds is 10. The van der Waals surface area contributed by atoms with Crippen LogP contribution in [0.2, 0.25) is 0 Å². The number of benzene rings is 2. The topological polar surface area (TPSA) is 18.5 Å². The molecule has 0 spiro atoms. The van der Waals surface area contributed by atoms with Crippen LogP contribution in [0.3, 0.4) is 0 Å². The van der Waals surface area contributed by atoms with Crippen LogP contribution >= 0.6 is 0 Å². The minimum atomic E-state index is -0.251. The zero-order valence-electron chi connectivity index (χ0n) is 18.5. The molecule has 1 saturated carbocycles. The first-order valence-corrected chi connectivity index (χ1v) is 11.7. The Morgan fingerprint density at radius 3 is 2.14 bits per heavy atom. The van der Waals surface area contributed by atoms with Crippen LogP contribution in [0.4, 0.5) is 0 Å². The van der Waals surface area contributed by atoms with Crippen molar-refractivity contribution in [3.63, 3.8) is 0 Å². The molecule has 1 aliphatic rings. The second-order valence-electron chi connectivity index (χ2n) is 8.45. The molecular formula is C27H38O2. The molecular weight excluding hydrogens is 356 g/mol. The molecule has 1 fully saturated rings. The third kappa shape index (κ3) is 5.22. The molecule has 2 heteroatoms. The fourth-order valence-corrected chi connectivity index (χ4v) is 4.97. The predicted molar refractivity (Wildman–Crippen MR) is 122 cm³/mol. The van der Waals surface area contributed by atoms with E-state index in [4.69, 9.17) is 9.47 Å². The molecule has 2 aromatic carbocycles. The minimum absolute atomic E-state index is 0.0671. The quantitative estimate of drug-likeness (QED) is 0.386. The van der Waals surface area contributed by atoms with Crippen molar-refractivity contribution < 1.29 is 9.47 Å².